The lowest BCUT2D eigenvalue weighted by Crippen LogP contribution is -2.44. The summed E-state index contributed by atoms with van der Waals surface area (Å²) in [4.78, 5) is 33.7. The predicted octanol–water partition coefficient (Wildman–Crippen LogP) is 3.35. The SMILES string of the molecule is CCC(C)n1c(N2CCCC(C(=O)NCCCN3CCCC3=O)C2)nc2ccccc21. The molecule has 2 unspecified atom stereocenters. The molecule has 31 heavy (non-hydrogen) atoms. The lowest BCUT2D eigenvalue weighted by atomic mass is 9.97. The van der Waals surface area contributed by atoms with E-state index in [4.69, 9.17) is 4.98 Å². The van der Waals surface area contributed by atoms with E-state index in [2.05, 4.69) is 46.8 Å². The first-order chi connectivity index (χ1) is 15.1. The number of carbonyl (C=O) groups excluding carboxylic acids is 2. The molecule has 0 bridgehead atoms. The first kappa shape index (κ1) is 21.7. The number of imidazole rings is 1. The molecule has 1 N–H and O–H groups in total. The highest BCUT2D eigenvalue weighted by atomic mass is 16.2. The Morgan fingerprint density at radius 3 is 2.87 bits per heavy atom. The number of nitrogens with one attached hydrogen (secondary N) is 1. The number of benzene rings is 1. The Balaban J connectivity index is 1.38. The minimum Gasteiger partial charge on any atom is -0.356 e. The molecule has 2 aromatic rings. The molecule has 4 rings (SSSR count). The van der Waals surface area contributed by atoms with Gasteiger partial charge in [-0.25, -0.2) is 4.98 Å². The Morgan fingerprint density at radius 2 is 2.10 bits per heavy atom. The van der Waals surface area contributed by atoms with Crippen LogP contribution in [0.15, 0.2) is 24.3 Å². The maximum atomic E-state index is 12.8. The van der Waals surface area contributed by atoms with Crippen LogP contribution in [-0.2, 0) is 9.59 Å². The summed E-state index contributed by atoms with van der Waals surface area (Å²) >= 11 is 0. The third kappa shape index (κ3) is 4.70. The Hall–Kier alpha value is -2.57. The van der Waals surface area contributed by atoms with Crippen LogP contribution in [0.4, 0.5) is 5.95 Å². The van der Waals surface area contributed by atoms with Gasteiger partial charge in [0.25, 0.3) is 0 Å². The fourth-order valence-electron chi connectivity index (χ4n) is 4.81. The zero-order valence-corrected chi connectivity index (χ0v) is 18.8. The number of hydrogen-bond acceptors (Lipinski definition) is 4. The second-order valence-electron chi connectivity index (χ2n) is 8.94. The number of hydrogen-bond donors (Lipinski definition) is 1. The van der Waals surface area contributed by atoms with Gasteiger partial charge in [0, 0.05) is 45.2 Å². The molecule has 1 aromatic carbocycles. The quantitative estimate of drug-likeness (QED) is 0.659. The molecule has 1 aromatic heterocycles. The molecule has 2 amide bonds. The van der Waals surface area contributed by atoms with E-state index < -0.39 is 0 Å². The van der Waals surface area contributed by atoms with E-state index in [1.807, 2.05) is 11.0 Å². The fourth-order valence-corrected chi connectivity index (χ4v) is 4.81. The Labute approximate surface area is 184 Å². The molecule has 2 atom stereocenters. The van der Waals surface area contributed by atoms with Crippen LogP contribution in [0.25, 0.3) is 11.0 Å². The molecule has 0 radical (unpaired) electrons. The van der Waals surface area contributed by atoms with Gasteiger partial charge < -0.3 is 19.7 Å². The Kier molecular flexibility index (Phi) is 6.78. The zero-order chi connectivity index (χ0) is 21.8. The average molecular weight is 426 g/mol. The summed E-state index contributed by atoms with van der Waals surface area (Å²) in [6, 6.07) is 8.65. The number of para-hydroxylation sites is 2. The molecule has 0 spiro atoms. The summed E-state index contributed by atoms with van der Waals surface area (Å²) in [6.07, 6.45) is 5.39. The van der Waals surface area contributed by atoms with E-state index >= 15 is 0 Å². The van der Waals surface area contributed by atoms with Gasteiger partial charge in [-0.05, 0) is 51.2 Å². The van der Waals surface area contributed by atoms with Crippen LogP contribution in [0, 0.1) is 5.92 Å². The van der Waals surface area contributed by atoms with Crippen molar-refractivity contribution in [1.82, 2.24) is 19.8 Å². The largest absolute Gasteiger partial charge is 0.356 e. The molecule has 0 aliphatic carbocycles. The van der Waals surface area contributed by atoms with Crippen molar-refractivity contribution in [2.75, 3.05) is 37.6 Å². The van der Waals surface area contributed by atoms with Gasteiger partial charge in [-0.1, -0.05) is 19.1 Å². The van der Waals surface area contributed by atoms with Crippen molar-refractivity contribution in [3.8, 4) is 0 Å². The minimum absolute atomic E-state index is 0.0210. The van der Waals surface area contributed by atoms with E-state index in [1.165, 1.54) is 0 Å². The van der Waals surface area contributed by atoms with Gasteiger partial charge in [-0.2, -0.15) is 0 Å². The van der Waals surface area contributed by atoms with E-state index in [9.17, 15) is 9.59 Å². The molecular formula is C24H35N5O2. The van der Waals surface area contributed by atoms with E-state index in [0.29, 0.717) is 25.6 Å². The summed E-state index contributed by atoms with van der Waals surface area (Å²) in [5, 5.41) is 3.11. The third-order valence-electron chi connectivity index (χ3n) is 6.76. The van der Waals surface area contributed by atoms with Gasteiger partial charge in [0.05, 0.1) is 17.0 Å². The van der Waals surface area contributed by atoms with Gasteiger partial charge >= 0.3 is 0 Å². The van der Waals surface area contributed by atoms with Crippen LogP contribution in [0.2, 0.25) is 0 Å². The van der Waals surface area contributed by atoms with E-state index in [0.717, 1.165) is 68.7 Å². The van der Waals surface area contributed by atoms with Gasteiger partial charge in [0.15, 0.2) is 0 Å². The van der Waals surface area contributed by atoms with Crippen LogP contribution in [0.5, 0.6) is 0 Å². The normalized spacial score (nSPS) is 20.5. The lowest BCUT2D eigenvalue weighted by molar-refractivity contribution is -0.127. The number of amides is 2. The summed E-state index contributed by atoms with van der Waals surface area (Å²) < 4.78 is 2.34. The maximum absolute atomic E-state index is 12.8. The molecule has 7 heteroatoms. The first-order valence-electron chi connectivity index (χ1n) is 11.9. The van der Waals surface area contributed by atoms with Crippen molar-refractivity contribution >= 4 is 28.8 Å². The van der Waals surface area contributed by atoms with Gasteiger partial charge in [-0.3, -0.25) is 9.59 Å². The number of piperidine rings is 1. The monoisotopic (exact) mass is 425 g/mol. The second kappa shape index (κ2) is 9.71. The molecule has 0 saturated carbocycles. The summed E-state index contributed by atoms with van der Waals surface area (Å²) in [5.74, 6) is 1.34. The number of carbonyl (C=O) groups is 2. The Bertz CT molecular complexity index is 924. The number of nitrogens with zero attached hydrogens (tertiary/aromatic N) is 4. The first-order valence-corrected chi connectivity index (χ1v) is 11.9. The van der Waals surface area contributed by atoms with E-state index in [1.54, 1.807) is 0 Å². The van der Waals surface area contributed by atoms with Crippen LogP contribution in [0.3, 0.4) is 0 Å². The molecule has 2 aliphatic rings. The molecule has 3 heterocycles. The van der Waals surface area contributed by atoms with Crippen LogP contribution in [-0.4, -0.2) is 59.0 Å². The summed E-state index contributed by atoms with van der Waals surface area (Å²) in [6.45, 7) is 8.31. The van der Waals surface area contributed by atoms with Crippen LogP contribution >= 0.6 is 0 Å². The lowest BCUT2D eigenvalue weighted by Gasteiger charge is -2.34. The van der Waals surface area contributed by atoms with Gasteiger partial charge in [0.2, 0.25) is 17.8 Å². The average Bonchev–Trinajstić information content (AvgIpc) is 3.39. The summed E-state index contributed by atoms with van der Waals surface area (Å²) in [7, 11) is 0. The molecule has 2 fully saturated rings. The van der Waals surface area contributed by atoms with Crippen molar-refractivity contribution in [3.63, 3.8) is 0 Å². The topological polar surface area (TPSA) is 70.5 Å². The highest BCUT2D eigenvalue weighted by Crippen LogP contribution is 2.31. The Morgan fingerprint density at radius 1 is 1.26 bits per heavy atom. The molecular weight excluding hydrogens is 390 g/mol. The van der Waals surface area contributed by atoms with Crippen LogP contribution < -0.4 is 10.2 Å². The van der Waals surface area contributed by atoms with Crippen molar-refractivity contribution in [3.05, 3.63) is 24.3 Å². The second-order valence-corrected chi connectivity index (χ2v) is 8.94. The van der Waals surface area contributed by atoms with E-state index in [-0.39, 0.29) is 17.7 Å². The number of fused-ring (bicyclic) bond motifs is 1. The smallest absolute Gasteiger partial charge is 0.224 e. The van der Waals surface area contributed by atoms with Crippen LogP contribution in [0.1, 0.15) is 58.4 Å². The minimum atomic E-state index is -0.0210. The maximum Gasteiger partial charge on any atom is 0.224 e. The van der Waals surface area contributed by atoms with Crippen molar-refractivity contribution in [2.24, 2.45) is 5.92 Å². The number of anilines is 1. The van der Waals surface area contributed by atoms with Gasteiger partial charge in [-0.15, -0.1) is 0 Å². The van der Waals surface area contributed by atoms with Crippen molar-refractivity contribution < 1.29 is 9.59 Å². The molecule has 168 valence electrons. The molecule has 7 nitrogen and oxygen atoms in total. The summed E-state index contributed by atoms with van der Waals surface area (Å²) in [5.41, 5.74) is 2.18. The standard InChI is InChI=1S/C24H35N5O2/c1-3-18(2)29-21-11-5-4-10-20(21)26-24(29)28-15-6-9-19(17-28)23(31)25-13-8-16-27-14-7-12-22(27)30/h4-5,10-11,18-19H,3,6-9,12-17H2,1-2H3,(H,25,31). The number of rotatable bonds is 8. The third-order valence-corrected chi connectivity index (χ3v) is 6.76. The zero-order valence-electron chi connectivity index (χ0n) is 18.8. The predicted molar refractivity (Wildman–Crippen MR) is 123 cm³/mol. The fraction of sp³-hybridized carbons (Fsp3) is 0.625. The highest BCUT2D eigenvalue weighted by molar-refractivity contribution is 5.81. The van der Waals surface area contributed by atoms with Crippen molar-refractivity contribution in [2.45, 2.75) is 58.4 Å². The number of aromatic nitrogens is 2. The van der Waals surface area contributed by atoms with Crippen molar-refractivity contribution in [1.29, 1.82) is 0 Å². The highest BCUT2D eigenvalue weighted by Gasteiger charge is 2.29. The van der Waals surface area contributed by atoms with Gasteiger partial charge in [0.1, 0.15) is 0 Å². The number of likely N-dealkylation sites (tertiary alicyclic amines) is 1. The molecule has 2 aliphatic heterocycles. The molecule has 2 saturated heterocycles.